The molecular weight excluding hydrogens is 292 g/mol. The van der Waals surface area contributed by atoms with E-state index in [4.69, 9.17) is 5.11 Å². The van der Waals surface area contributed by atoms with Gasteiger partial charge in [-0.25, -0.2) is 4.79 Å². The molecule has 8 heteroatoms. The highest BCUT2D eigenvalue weighted by atomic mass is 32.2. The van der Waals surface area contributed by atoms with Crippen LogP contribution in [0.1, 0.15) is 39.2 Å². The molecule has 2 atom stereocenters. The number of nitrogens with zero attached hydrogens (tertiary/aromatic N) is 3. The van der Waals surface area contributed by atoms with Crippen molar-refractivity contribution in [2.45, 2.75) is 50.4 Å². The van der Waals surface area contributed by atoms with Gasteiger partial charge in [0.05, 0.1) is 5.75 Å². The number of carbonyl (C=O) groups is 2. The van der Waals surface area contributed by atoms with Crippen LogP contribution in [-0.2, 0) is 9.59 Å². The van der Waals surface area contributed by atoms with Crippen molar-refractivity contribution in [3.8, 4) is 0 Å². The molecule has 1 fully saturated rings. The average molecular weight is 312 g/mol. The van der Waals surface area contributed by atoms with Gasteiger partial charge in [0.15, 0.2) is 5.16 Å². The Bertz CT molecular complexity index is 515. The van der Waals surface area contributed by atoms with E-state index in [0.717, 1.165) is 12.8 Å². The lowest BCUT2D eigenvalue weighted by molar-refractivity contribution is -0.143. The summed E-state index contributed by atoms with van der Waals surface area (Å²) >= 11 is 1.29. The molecule has 0 bridgehead atoms. The summed E-state index contributed by atoms with van der Waals surface area (Å²) in [7, 11) is 0. The van der Waals surface area contributed by atoms with Gasteiger partial charge in [-0.05, 0) is 18.8 Å². The first-order valence-electron chi connectivity index (χ1n) is 7.07. The van der Waals surface area contributed by atoms with Crippen LogP contribution >= 0.6 is 11.8 Å². The predicted octanol–water partition coefficient (Wildman–Crippen LogP) is 1.32. The van der Waals surface area contributed by atoms with E-state index in [1.165, 1.54) is 11.8 Å². The third kappa shape index (κ3) is 4.20. The first-order valence-corrected chi connectivity index (χ1v) is 8.06. The summed E-state index contributed by atoms with van der Waals surface area (Å²) in [6, 6.07) is -0.387. The maximum absolute atomic E-state index is 11.9. The Morgan fingerprint density at radius 2 is 2.29 bits per heavy atom. The monoisotopic (exact) mass is 312 g/mol. The highest BCUT2D eigenvalue weighted by Crippen LogP contribution is 2.37. The van der Waals surface area contributed by atoms with Crippen LogP contribution in [0.4, 0.5) is 0 Å². The van der Waals surface area contributed by atoms with Gasteiger partial charge in [0, 0.05) is 6.04 Å². The Morgan fingerprint density at radius 1 is 1.57 bits per heavy atom. The number of hydrogen-bond donors (Lipinski definition) is 2. The van der Waals surface area contributed by atoms with E-state index < -0.39 is 12.0 Å². The van der Waals surface area contributed by atoms with E-state index in [-0.39, 0.29) is 17.6 Å². The molecule has 0 aliphatic heterocycles. The van der Waals surface area contributed by atoms with Gasteiger partial charge in [0.25, 0.3) is 0 Å². The number of carboxylic acid groups (broad SMARTS) is 1. The fourth-order valence-corrected chi connectivity index (χ4v) is 2.76. The molecule has 0 saturated heterocycles. The first-order chi connectivity index (χ1) is 10.0. The molecule has 0 spiro atoms. The van der Waals surface area contributed by atoms with Gasteiger partial charge < -0.3 is 15.0 Å². The lowest BCUT2D eigenvalue weighted by Gasteiger charge is -2.19. The predicted molar refractivity (Wildman–Crippen MR) is 78.0 cm³/mol. The quantitative estimate of drug-likeness (QED) is 0.703. The number of aromatic nitrogens is 3. The van der Waals surface area contributed by atoms with Gasteiger partial charge in [-0.3, -0.25) is 4.79 Å². The number of nitrogens with one attached hydrogen (secondary N) is 1. The minimum absolute atomic E-state index is 0.105. The molecule has 1 aromatic rings. The van der Waals surface area contributed by atoms with Crippen LogP contribution in [0, 0.1) is 5.92 Å². The van der Waals surface area contributed by atoms with E-state index >= 15 is 0 Å². The summed E-state index contributed by atoms with van der Waals surface area (Å²) < 4.78 is 1.97. The van der Waals surface area contributed by atoms with Crippen molar-refractivity contribution in [2.24, 2.45) is 5.92 Å². The Kier molecular flexibility index (Phi) is 5.22. The van der Waals surface area contributed by atoms with Crippen LogP contribution in [0.25, 0.3) is 0 Å². The van der Waals surface area contributed by atoms with Crippen molar-refractivity contribution in [1.82, 2.24) is 20.1 Å². The summed E-state index contributed by atoms with van der Waals surface area (Å²) in [4.78, 5) is 23.1. The lowest BCUT2D eigenvalue weighted by Crippen LogP contribution is -2.45. The average Bonchev–Trinajstić information content (AvgIpc) is 3.20. The van der Waals surface area contributed by atoms with Gasteiger partial charge in [0.1, 0.15) is 12.4 Å². The third-order valence-corrected chi connectivity index (χ3v) is 4.57. The highest BCUT2D eigenvalue weighted by Gasteiger charge is 2.28. The van der Waals surface area contributed by atoms with E-state index in [1.807, 2.05) is 18.4 Å². The normalized spacial score (nSPS) is 17.2. The maximum atomic E-state index is 11.9. The van der Waals surface area contributed by atoms with Crippen LogP contribution < -0.4 is 5.32 Å². The van der Waals surface area contributed by atoms with Crippen LogP contribution in [-0.4, -0.2) is 43.5 Å². The standard InChI is InChI=1S/C13H20N4O3S/c1-3-8(2)11(12(19)20)15-10(18)6-21-13-16-14-7-17(13)9-4-5-9/h7-9,11H,3-6H2,1-2H3,(H,15,18)(H,19,20)/t8?,11-/m0/s1. The summed E-state index contributed by atoms with van der Waals surface area (Å²) in [5.41, 5.74) is 0. The molecule has 1 amide bonds. The fraction of sp³-hybridized carbons (Fsp3) is 0.692. The lowest BCUT2D eigenvalue weighted by atomic mass is 9.99. The number of carboxylic acids is 1. The summed E-state index contributed by atoms with van der Waals surface area (Å²) in [5, 5.41) is 20.3. The molecule has 1 heterocycles. The van der Waals surface area contributed by atoms with Gasteiger partial charge in [0.2, 0.25) is 5.91 Å². The number of amides is 1. The molecule has 2 N–H and O–H groups in total. The minimum Gasteiger partial charge on any atom is -0.480 e. The Hall–Kier alpha value is -1.57. The van der Waals surface area contributed by atoms with Crippen LogP contribution in [0.5, 0.6) is 0 Å². The van der Waals surface area contributed by atoms with Gasteiger partial charge in [-0.2, -0.15) is 0 Å². The summed E-state index contributed by atoms with van der Waals surface area (Å²) in [6.07, 6.45) is 4.61. The molecule has 0 aromatic carbocycles. The molecule has 0 radical (unpaired) electrons. The van der Waals surface area contributed by atoms with Crippen molar-refractivity contribution < 1.29 is 14.7 Å². The number of rotatable bonds is 8. The van der Waals surface area contributed by atoms with Crippen molar-refractivity contribution in [3.05, 3.63) is 6.33 Å². The third-order valence-electron chi connectivity index (χ3n) is 3.61. The molecule has 1 unspecified atom stereocenters. The molecule has 7 nitrogen and oxygen atoms in total. The van der Waals surface area contributed by atoms with Crippen LogP contribution in [0.15, 0.2) is 11.5 Å². The van der Waals surface area contributed by atoms with Crippen molar-refractivity contribution >= 4 is 23.6 Å². The Balaban J connectivity index is 1.86. The zero-order chi connectivity index (χ0) is 15.4. The molecule has 1 aromatic heterocycles. The molecule has 2 rings (SSSR count). The van der Waals surface area contributed by atoms with E-state index in [9.17, 15) is 9.59 Å². The number of thioether (sulfide) groups is 1. The molecule has 1 saturated carbocycles. The number of carbonyl (C=O) groups excluding carboxylic acids is 1. The topological polar surface area (TPSA) is 97.1 Å². The van der Waals surface area contributed by atoms with Crippen molar-refractivity contribution in [1.29, 1.82) is 0 Å². The Labute approximate surface area is 127 Å². The first kappa shape index (κ1) is 15.8. The second-order valence-corrected chi connectivity index (χ2v) is 6.25. The second-order valence-electron chi connectivity index (χ2n) is 5.31. The van der Waals surface area contributed by atoms with Crippen LogP contribution in [0.3, 0.4) is 0 Å². The van der Waals surface area contributed by atoms with E-state index in [1.54, 1.807) is 6.33 Å². The van der Waals surface area contributed by atoms with E-state index in [0.29, 0.717) is 17.6 Å². The summed E-state index contributed by atoms with van der Waals surface area (Å²) in [5.74, 6) is -1.25. The molecule has 1 aliphatic rings. The minimum atomic E-state index is -0.996. The molecule has 1 aliphatic carbocycles. The molecule has 21 heavy (non-hydrogen) atoms. The van der Waals surface area contributed by atoms with Crippen molar-refractivity contribution in [3.63, 3.8) is 0 Å². The zero-order valence-corrected chi connectivity index (χ0v) is 13.0. The summed E-state index contributed by atoms with van der Waals surface area (Å²) in [6.45, 7) is 3.72. The van der Waals surface area contributed by atoms with Gasteiger partial charge >= 0.3 is 5.97 Å². The smallest absolute Gasteiger partial charge is 0.326 e. The largest absolute Gasteiger partial charge is 0.480 e. The highest BCUT2D eigenvalue weighted by molar-refractivity contribution is 7.99. The fourth-order valence-electron chi connectivity index (χ4n) is 1.97. The SMILES string of the molecule is CCC(C)[C@H](NC(=O)CSc1nncn1C1CC1)C(=O)O. The van der Waals surface area contributed by atoms with Gasteiger partial charge in [-0.15, -0.1) is 10.2 Å². The zero-order valence-electron chi connectivity index (χ0n) is 12.2. The number of hydrogen-bond acceptors (Lipinski definition) is 5. The molecular formula is C13H20N4O3S. The van der Waals surface area contributed by atoms with Gasteiger partial charge in [-0.1, -0.05) is 32.0 Å². The Morgan fingerprint density at radius 3 is 2.86 bits per heavy atom. The number of aliphatic carboxylic acids is 1. The van der Waals surface area contributed by atoms with Crippen LogP contribution in [0.2, 0.25) is 0 Å². The second kappa shape index (κ2) is 6.93. The maximum Gasteiger partial charge on any atom is 0.326 e. The van der Waals surface area contributed by atoms with E-state index in [2.05, 4.69) is 15.5 Å². The van der Waals surface area contributed by atoms with Crippen molar-refractivity contribution in [2.75, 3.05) is 5.75 Å². The molecule has 116 valence electrons.